The SMILES string of the molecule is CS(=O)(=O)N1CCC2(CC1)OCCc1sc(C(=O)NCCO)cc12. The predicted molar refractivity (Wildman–Crippen MR) is 90.7 cm³/mol. The third-order valence-electron chi connectivity index (χ3n) is 4.63. The average Bonchev–Trinajstić information content (AvgIpc) is 2.98. The minimum atomic E-state index is -3.18. The van der Waals surface area contributed by atoms with E-state index in [2.05, 4.69) is 5.32 Å². The van der Waals surface area contributed by atoms with Crippen LogP contribution in [-0.4, -0.2) is 62.8 Å². The zero-order valence-corrected chi connectivity index (χ0v) is 15.2. The molecule has 1 aromatic rings. The molecule has 2 aliphatic heterocycles. The second-order valence-electron chi connectivity index (χ2n) is 6.18. The van der Waals surface area contributed by atoms with Crippen LogP contribution in [0.15, 0.2) is 6.07 Å². The summed E-state index contributed by atoms with van der Waals surface area (Å²) in [5.74, 6) is -0.188. The van der Waals surface area contributed by atoms with Crippen LogP contribution in [-0.2, 0) is 26.8 Å². The summed E-state index contributed by atoms with van der Waals surface area (Å²) in [6, 6.07) is 1.88. The van der Waals surface area contributed by atoms with Crippen molar-refractivity contribution >= 4 is 27.3 Å². The number of rotatable bonds is 4. The monoisotopic (exact) mass is 374 g/mol. The normalized spacial score (nSPS) is 20.8. The predicted octanol–water partition coefficient (Wildman–Crippen LogP) is 0.294. The standard InChI is InChI=1S/C15H22N2O5S2/c1-24(20,21)17-6-3-15(4-7-17)11-10-13(14(19)16-5-8-18)23-12(11)2-9-22-15/h10,18H,2-9H2,1H3,(H,16,19). The maximum Gasteiger partial charge on any atom is 0.261 e. The summed E-state index contributed by atoms with van der Waals surface area (Å²) >= 11 is 1.46. The number of hydrogen-bond acceptors (Lipinski definition) is 6. The lowest BCUT2D eigenvalue weighted by molar-refractivity contribution is -0.0882. The Kier molecular flexibility index (Phi) is 4.99. The Bertz CT molecular complexity index is 720. The van der Waals surface area contributed by atoms with Gasteiger partial charge in [-0.2, -0.15) is 0 Å². The Morgan fingerprint density at radius 3 is 2.79 bits per heavy atom. The number of sulfonamides is 1. The molecule has 0 aliphatic carbocycles. The molecule has 0 radical (unpaired) electrons. The molecule has 0 aromatic carbocycles. The molecule has 0 atom stereocenters. The molecule has 134 valence electrons. The summed E-state index contributed by atoms with van der Waals surface area (Å²) in [7, 11) is -3.18. The number of amides is 1. The van der Waals surface area contributed by atoms with Crippen LogP contribution in [0.4, 0.5) is 0 Å². The topological polar surface area (TPSA) is 95.9 Å². The number of nitrogens with one attached hydrogen (secondary N) is 1. The van der Waals surface area contributed by atoms with Gasteiger partial charge < -0.3 is 15.2 Å². The number of thiophene rings is 1. The van der Waals surface area contributed by atoms with E-state index >= 15 is 0 Å². The van der Waals surface area contributed by atoms with Gasteiger partial charge in [0.15, 0.2) is 0 Å². The Labute approximate surface area is 145 Å². The molecule has 1 saturated heterocycles. The molecule has 3 rings (SSSR count). The van der Waals surface area contributed by atoms with E-state index in [0.29, 0.717) is 37.4 Å². The quantitative estimate of drug-likeness (QED) is 0.790. The van der Waals surface area contributed by atoms with Gasteiger partial charge in [0.1, 0.15) is 0 Å². The first-order valence-corrected chi connectivity index (χ1v) is 10.6. The molecule has 2 N–H and O–H groups in total. The molecule has 1 aromatic heterocycles. The van der Waals surface area contributed by atoms with Crippen molar-refractivity contribution in [2.75, 3.05) is 39.1 Å². The van der Waals surface area contributed by atoms with E-state index in [0.717, 1.165) is 16.9 Å². The van der Waals surface area contributed by atoms with Crippen LogP contribution in [0, 0.1) is 0 Å². The van der Waals surface area contributed by atoms with Crippen LogP contribution in [0.3, 0.4) is 0 Å². The van der Waals surface area contributed by atoms with E-state index < -0.39 is 15.6 Å². The Hall–Kier alpha value is -1.00. The van der Waals surface area contributed by atoms with Crippen molar-refractivity contribution in [3.05, 3.63) is 21.4 Å². The van der Waals surface area contributed by atoms with Crippen LogP contribution in [0.5, 0.6) is 0 Å². The minimum Gasteiger partial charge on any atom is -0.395 e. The summed E-state index contributed by atoms with van der Waals surface area (Å²) in [6.45, 7) is 1.59. The van der Waals surface area contributed by atoms with Crippen molar-refractivity contribution in [2.45, 2.75) is 24.9 Å². The summed E-state index contributed by atoms with van der Waals surface area (Å²) in [4.78, 5) is 13.9. The maximum absolute atomic E-state index is 12.1. The molecule has 0 bridgehead atoms. The molecule has 9 heteroatoms. The van der Waals surface area contributed by atoms with Gasteiger partial charge in [0.2, 0.25) is 10.0 Å². The molecule has 1 spiro atoms. The van der Waals surface area contributed by atoms with Gasteiger partial charge in [-0.3, -0.25) is 4.79 Å². The van der Waals surface area contributed by atoms with Gasteiger partial charge in [-0.15, -0.1) is 11.3 Å². The van der Waals surface area contributed by atoms with Gasteiger partial charge in [-0.1, -0.05) is 0 Å². The highest BCUT2D eigenvalue weighted by Crippen LogP contribution is 2.44. The van der Waals surface area contributed by atoms with Gasteiger partial charge >= 0.3 is 0 Å². The highest BCUT2D eigenvalue weighted by Gasteiger charge is 2.43. The number of piperidine rings is 1. The minimum absolute atomic E-state index is 0.0921. The van der Waals surface area contributed by atoms with E-state index in [-0.39, 0.29) is 19.1 Å². The first-order valence-electron chi connectivity index (χ1n) is 7.97. The van der Waals surface area contributed by atoms with E-state index in [9.17, 15) is 13.2 Å². The van der Waals surface area contributed by atoms with Crippen molar-refractivity contribution in [2.24, 2.45) is 0 Å². The molecular formula is C15H22N2O5S2. The third kappa shape index (κ3) is 3.36. The highest BCUT2D eigenvalue weighted by atomic mass is 32.2. The molecule has 3 heterocycles. The summed E-state index contributed by atoms with van der Waals surface area (Å²) in [6.07, 6.45) is 3.19. The lowest BCUT2D eigenvalue weighted by Gasteiger charge is -2.43. The largest absolute Gasteiger partial charge is 0.395 e. The van der Waals surface area contributed by atoms with E-state index in [4.69, 9.17) is 9.84 Å². The number of carbonyl (C=O) groups is 1. The summed E-state index contributed by atoms with van der Waals surface area (Å²) in [5, 5.41) is 11.5. The Balaban J connectivity index is 1.82. The highest BCUT2D eigenvalue weighted by molar-refractivity contribution is 7.88. The van der Waals surface area contributed by atoms with Crippen LogP contribution < -0.4 is 5.32 Å². The summed E-state index contributed by atoms with van der Waals surface area (Å²) in [5.41, 5.74) is 0.543. The van der Waals surface area contributed by atoms with Crippen LogP contribution >= 0.6 is 11.3 Å². The fraction of sp³-hybridized carbons (Fsp3) is 0.667. The van der Waals surface area contributed by atoms with Crippen molar-refractivity contribution < 1.29 is 23.1 Å². The number of aliphatic hydroxyl groups excluding tert-OH is 1. The van der Waals surface area contributed by atoms with Crippen LogP contribution in [0.2, 0.25) is 0 Å². The van der Waals surface area contributed by atoms with Gasteiger partial charge in [0.05, 0.1) is 29.9 Å². The van der Waals surface area contributed by atoms with E-state index in [1.54, 1.807) is 0 Å². The number of aliphatic hydroxyl groups is 1. The average molecular weight is 374 g/mol. The molecule has 24 heavy (non-hydrogen) atoms. The van der Waals surface area contributed by atoms with Gasteiger partial charge in [-0.25, -0.2) is 12.7 Å². The smallest absolute Gasteiger partial charge is 0.261 e. The zero-order chi connectivity index (χ0) is 17.4. The van der Waals surface area contributed by atoms with Crippen LogP contribution in [0.25, 0.3) is 0 Å². The van der Waals surface area contributed by atoms with Gasteiger partial charge in [0, 0.05) is 30.9 Å². The van der Waals surface area contributed by atoms with E-state index in [1.165, 1.54) is 21.9 Å². The second kappa shape index (κ2) is 6.72. The van der Waals surface area contributed by atoms with Crippen molar-refractivity contribution in [3.63, 3.8) is 0 Å². The zero-order valence-electron chi connectivity index (χ0n) is 13.6. The number of hydrogen-bond donors (Lipinski definition) is 2. The lowest BCUT2D eigenvalue weighted by Crippen LogP contribution is -2.47. The van der Waals surface area contributed by atoms with Crippen molar-refractivity contribution in [1.29, 1.82) is 0 Å². The molecule has 1 fully saturated rings. The van der Waals surface area contributed by atoms with E-state index in [1.807, 2.05) is 6.07 Å². The first-order chi connectivity index (χ1) is 11.4. The van der Waals surface area contributed by atoms with Crippen molar-refractivity contribution in [3.8, 4) is 0 Å². The van der Waals surface area contributed by atoms with Crippen molar-refractivity contribution in [1.82, 2.24) is 9.62 Å². The number of ether oxygens (including phenoxy) is 1. The molecule has 2 aliphatic rings. The molecule has 1 amide bonds. The Morgan fingerprint density at radius 2 is 2.17 bits per heavy atom. The molecule has 7 nitrogen and oxygen atoms in total. The number of carbonyl (C=O) groups excluding carboxylic acids is 1. The van der Waals surface area contributed by atoms with Gasteiger partial charge in [-0.05, 0) is 24.5 Å². The number of nitrogens with zero attached hydrogens (tertiary/aromatic N) is 1. The Morgan fingerprint density at radius 1 is 1.46 bits per heavy atom. The molecule has 0 unspecified atom stereocenters. The fourth-order valence-corrected chi connectivity index (χ4v) is 5.37. The molecule has 0 saturated carbocycles. The van der Waals surface area contributed by atoms with Crippen LogP contribution in [0.1, 0.15) is 33.0 Å². The fourth-order valence-electron chi connectivity index (χ4n) is 3.38. The molecular weight excluding hydrogens is 352 g/mol. The summed E-state index contributed by atoms with van der Waals surface area (Å²) < 4.78 is 31.0. The third-order valence-corrected chi connectivity index (χ3v) is 7.12. The maximum atomic E-state index is 12.1. The van der Waals surface area contributed by atoms with Gasteiger partial charge in [0.25, 0.3) is 5.91 Å². The first kappa shape index (κ1) is 17.8. The number of fused-ring (bicyclic) bond motifs is 2. The second-order valence-corrected chi connectivity index (χ2v) is 9.30. The lowest BCUT2D eigenvalue weighted by atomic mass is 9.83.